The zero-order chi connectivity index (χ0) is 14.2. The van der Waals surface area contributed by atoms with Gasteiger partial charge in [0.2, 0.25) is 0 Å². The van der Waals surface area contributed by atoms with Gasteiger partial charge in [-0.15, -0.1) is 0 Å². The normalized spacial score (nSPS) is 10.4. The molecule has 0 atom stereocenters. The minimum Gasteiger partial charge on any atom is -0.463 e. The number of hydrogen-bond donors (Lipinski definition) is 0. The minimum absolute atomic E-state index is 0.0286. The van der Waals surface area contributed by atoms with Crippen molar-refractivity contribution in [2.75, 3.05) is 19.8 Å². The van der Waals surface area contributed by atoms with E-state index in [2.05, 4.69) is 0 Å². The van der Waals surface area contributed by atoms with Gasteiger partial charge in [0, 0.05) is 0 Å². The molecule has 0 aliphatic heterocycles. The average Bonchev–Trinajstić information content (AvgIpc) is 2.47. The molecule has 0 N–H and O–H groups in total. The van der Waals surface area contributed by atoms with E-state index in [1.807, 2.05) is 42.5 Å². The summed E-state index contributed by atoms with van der Waals surface area (Å²) in [5, 5.41) is 2.16. The van der Waals surface area contributed by atoms with E-state index in [4.69, 9.17) is 9.47 Å². The Morgan fingerprint density at radius 3 is 2.70 bits per heavy atom. The molecule has 0 aliphatic carbocycles. The lowest BCUT2D eigenvalue weighted by Gasteiger charge is -2.07. The maximum Gasteiger partial charge on any atom is 0.310 e. The lowest BCUT2D eigenvalue weighted by atomic mass is 10.0. The molecule has 0 spiro atoms. The largest absolute Gasteiger partial charge is 0.463 e. The molecule has 0 amide bonds. The van der Waals surface area contributed by atoms with E-state index in [9.17, 15) is 9.59 Å². The fraction of sp³-hybridized carbons (Fsp3) is 0.250. The van der Waals surface area contributed by atoms with Crippen LogP contribution in [0.4, 0.5) is 0 Å². The van der Waals surface area contributed by atoms with Gasteiger partial charge in [0.05, 0.1) is 13.0 Å². The molecule has 0 radical (unpaired) electrons. The summed E-state index contributed by atoms with van der Waals surface area (Å²) in [6.07, 6.45) is 0.896. The maximum absolute atomic E-state index is 11.7. The molecule has 0 saturated heterocycles. The second-order valence-electron chi connectivity index (χ2n) is 4.28. The number of hydrogen-bond acceptors (Lipinski definition) is 4. The molecule has 0 aliphatic rings. The number of ether oxygens (including phenoxy) is 2. The van der Waals surface area contributed by atoms with Crippen LogP contribution in [-0.2, 0) is 25.5 Å². The number of carbonyl (C=O) groups is 2. The van der Waals surface area contributed by atoms with Gasteiger partial charge >= 0.3 is 5.97 Å². The Hall–Kier alpha value is -2.20. The van der Waals surface area contributed by atoms with E-state index < -0.39 is 0 Å². The average molecular weight is 272 g/mol. The van der Waals surface area contributed by atoms with Crippen LogP contribution in [0.15, 0.2) is 42.5 Å². The van der Waals surface area contributed by atoms with Crippen LogP contribution in [0.3, 0.4) is 0 Å². The third-order valence-electron chi connectivity index (χ3n) is 2.89. The SMILES string of the molecule is O=CCOCCOC(=O)Cc1cccc2ccccc12. The second kappa shape index (κ2) is 7.40. The van der Waals surface area contributed by atoms with Crippen LogP contribution < -0.4 is 0 Å². The van der Waals surface area contributed by atoms with Gasteiger partial charge in [-0.05, 0) is 16.3 Å². The van der Waals surface area contributed by atoms with Crippen molar-refractivity contribution < 1.29 is 19.1 Å². The second-order valence-corrected chi connectivity index (χ2v) is 4.28. The van der Waals surface area contributed by atoms with Gasteiger partial charge in [0.15, 0.2) is 0 Å². The third-order valence-corrected chi connectivity index (χ3v) is 2.89. The summed E-state index contributed by atoms with van der Waals surface area (Å²) in [4.78, 5) is 21.8. The van der Waals surface area contributed by atoms with Gasteiger partial charge in [0.25, 0.3) is 0 Å². The lowest BCUT2D eigenvalue weighted by molar-refractivity contribution is -0.144. The summed E-state index contributed by atoms with van der Waals surface area (Å²) in [6, 6.07) is 13.8. The summed E-state index contributed by atoms with van der Waals surface area (Å²) < 4.78 is 9.97. The van der Waals surface area contributed by atoms with Gasteiger partial charge in [-0.2, -0.15) is 0 Å². The monoisotopic (exact) mass is 272 g/mol. The topological polar surface area (TPSA) is 52.6 Å². The molecule has 0 heterocycles. The Bertz CT molecular complexity index is 587. The Labute approximate surface area is 117 Å². The zero-order valence-corrected chi connectivity index (χ0v) is 11.1. The molecule has 0 unspecified atom stereocenters. The Balaban J connectivity index is 1.91. The minimum atomic E-state index is -0.295. The van der Waals surface area contributed by atoms with Crippen molar-refractivity contribution in [3.63, 3.8) is 0 Å². The van der Waals surface area contributed by atoms with Gasteiger partial charge in [-0.25, -0.2) is 0 Å². The van der Waals surface area contributed by atoms with Gasteiger partial charge < -0.3 is 14.3 Å². The van der Waals surface area contributed by atoms with Crippen LogP contribution >= 0.6 is 0 Å². The summed E-state index contributed by atoms with van der Waals surface area (Å²) in [5.41, 5.74) is 0.946. The van der Waals surface area contributed by atoms with Crippen molar-refractivity contribution in [2.45, 2.75) is 6.42 Å². The van der Waals surface area contributed by atoms with Crippen molar-refractivity contribution in [3.05, 3.63) is 48.0 Å². The molecular weight excluding hydrogens is 256 g/mol. The van der Waals surface area contributed by atoms with Gasteiger partial charge in [-0.1, -0.05) is 42.5 Å². The maximum atomic E-state index is 11.7. The van der Waals surface area contributed by atoms with Gasteiger partial charge in [-0.3, -0.25) is 4.79 Å². The molecule has 4 nitrogen and oxygen atoms in total. The number of esters is 1. The van der Waals surface area contributed by atoms with E-state index in [0.717, 1.165) is 16.3 Å². The molecule has 0 fully saturated rings. The molecule has 2 aromatic rings. The number of rotatable bonds is 7. The molecule has 104 valence electrons. The highest BCUT2D eigenvalue weighted by atomic mass is 16.6. The number of benzene rings is 2. The third kappa shape index (κ3) is 3.90. The fourth-order valence-corrected chi connectivity index (χ4v) is 2.00. The molecule has 2 rings (SSSR count). The Morgan fingerprint density at radius 2 is 1.85 bits per heavy atom. The number of aldehydes is 1. The van der Waals surface area contributed by atoms with Crippen LogP contribution in [0, 0.1) is 0 Å². The van der Waals surface area contributed by atoms with E-state index in [0.29, 0.717) is 6.29 Å². The molecule has 0 saturated carbocycles. The van der Waals surface area contributed by atoms with Crippen molar-refractivity contribution >= 4 is 23.0 Å². The van der Waals surface area contributed by atoms with Crippen LogP contribution in [0.5, 0.6) is 0 Å². The number of carbonyl (C=O) groups excluding carboxylic acids is 2. The van der Waals surface area contributed by atoms with Crippen molar-refractivity contribution in [2.24, 2.45) is 0 Å². The van der Waals surface area contributed by atoms with Crippen molar-refractivity contribution in [3.8, 4) is 0 Å². The molecule has 2 aromatic carbocycles. The van der Waals surface area contributed by atoms with Crippen molar-refractivity contribution in [1.82, 2.24) is 0 Å². The Kier molecular flexibility index (Phi) is 5.26. The van der Waals surface area contributed by atoms with Crippen LogP contribution in [-0.4, -0.2) is 32.1 Å². The summed E-state index contributed by atoms with van der Waals surface area (Å²) in [7, 11) is 0. The van der Waals surface area contributed by atoms with Crippen molar-refractivity contribution in [1.29, 1.82) is 0 Å². The smallest absolute Gasteiger partial charge is 0.310 e. The molecule has 20 heavy (non-hydrogen) atoms. The van der Waals surface area contributed by atoms with Crippen LogP contribution in [0.25, 0.3) is 10.8 Å². The first-order valence-corrected chi connectivity index (χ1v) is 6.45. The van der Waals surface area contributed by atoms with Crippen LogP contribution in [0.1, 0.15) is 5.56 Å². The predicted octanol–water partition coefficient (Wildman–Crippen LogP) is 2.14. The van der Waals surface area contributed by atoms with Gasteiger partial charge in [0.1, 0.15) is 19.5 Å². The van der Waals surface area contributed by atoms with E-state index >= 15 is 0 Å². The van der Waals surface area contributed by atoms with E-state index in [-0.39, 0.29) is 32.2 Å². The first-order chi connectivity index (χ1) is 9.81. The van der Waals surface area contributed by atoms with E-state index in [1.54, 1.807) is 0 Å². The molecule has 4 heteroatoms. The molecule has 0 bridgehead atoms. The standard InChI is InChI=1S/C16H16O4/c17-8-9-19-10-11-20-16(18)12-14-6-3-5-13-4-1-2-7-15(13)14/h1-8H,9-12H2. The highest BCUT2D eigenvalue weighted by molar-refractivity contribution is 5.88. The summed E-state index contributed by atoms with van der Waals surface area (Å²) >= 11 is 0. The lowest BCUT2D eigenvalue weighted by Crippen LogP contribution is -2.13. The first kappa shape index (κ1) is 14.2. The van der Waals surface area contributed by atoms with E-state index in [1.165, 1.54) is 0 Å². The first-order valence-electron chi connectivity index (χ1n) is 6.45. The summed E-state index contributed by atoms with van der Waals surface area (Å²) in [5.74, 6) is -0.295. The molecule has 0 aromatic heterocycles. The number of fused-ring (bicyclic) bond motifs is 1. The summed E-state index contributed by atoms with van der Waals surface area (Å²) in [6.45, 7) is 0.429. The van der Waals surface area contributed by atoms with Crippen LogP contribution in [0.2, 0.25) is 0 Å². The Morgan fingerprint density at radius 1 is 1.05 bits per heavy atom. The highest BCUT2D eigenvalue weighted by Gasteiger charge is 2.07. The quantitative estimate of drug-likeness (QED) is 0.440. The predicted molar refractivity (Wildman–Crippen MR) is 75.5 cm³/mol. The fourth-order valence-electron chi connectivity index (χ4n) is 2.00. The molecular formula is C16H16O4. The zero-order valence-electron chi connectivity index (χ0n) is 11.1. The highest BCUT2D eigenvalue weighted by Crippen LogP contribution is 2.19.